The Morgan fingerprint density at radius 1 is 1.08 bits per heavy atom. The molecule has 0 bridgehead atoms. The molecule has 0 radical (unpaired) electrons. The quantitative estimate of drug-likeness (QED) is 0.666. The van der Waals surface area contributed by atoms with Crippen LogP contribution in [0.15, 0.2) is 42.6 Å². The minimum atomic E-state index is -0.0446. The van der Waals surface area contributed by atoms with Crippen LogP contribution in [0.2, 0.25) is 0 Å². The van der Waals surface area contributed by atoms with Crippen molar-refractivity contribution in [1.82, 2.24) is 24.9 Å². The lowest BCUT2D eigenvalue weighted by atomic mass is 10.1. The Kier molecular flexibility index (Phi) is 5.51. The number of nitrogens with zero attached hydrogens (tertiary/aromatic N) is 4. The van der Waals surface area contributed by atoms with Crippen LogP contribution in [0.4, 0.5) is 0 Å². The number of carbonyl (C=O) groups excluding carboxylic acids is 1. The fourth-order valence-corrected chi connectivity index (χ4v) is 2.95. The third-order valence-corrected chi connectivity index (χ3v) is 4.25. The molecule has 0 saturated carbocycles. The lowest BCUT2D eigenvalue weighted by molar-refractivity contribution is 0.0952. The monoisotopic (exact) mass is 351 g/mol. The van der Waals surface area contributed by atoms with Crippen LogP contribution in [0.25, 0.3) is 0 Å². The van der Waals surface area contributed by atoms with Gasteiger partial charge in [0.25, 0.3) is 5.91 Å². The molecule has 2 aromatic heterocycles. The first kappa shape index (κ1) is 17.9. The summed E-state index contributed by atoms with van der Waals surface area (Å²) in [6, 6.07) is 11.7. The van der Waals surface area contributed by atoms with Gasteiger partial charge in [-0.15, -0.1) is 0 Å². The molecule has 0 aliphatic carbocycles. The van der Waals surface area contributed by atoms with Crippen molar-refractivity contribution in [3.05, 3.63) is 70.8 Å². The summed E-state index contributed by atoms with van der Waals surface area (Å²) >= 11 is 0. The van der Waals surface area contributed by atoms with Crippen molar-refractivity contribution in [2.24, 2.45) is 0 Å². The van der Waals surface area contributed by atoms with Crippen LogP contribution in [-0.4, -0.2) is 32.0 Å². The molecule has 0 spiro atoms. The Labute approximate surface area is 153 Å². The van der Waals surface area contributed by atoms with Crippen LogP contribution >= 0.6 is 0 Å². The number of hydrogen-bond donors (Lipinski definition) is 1. The second-order valence-corrected chi connectivity index (χ2v) is 6.61. The zero-order chi connectivity index (χ0) is 18.5. The van der Waals surface area contributed by atoms with E-state index in [-0.39, 0.29) is 5.91 Å². The maximum Gasteiger partial charge on any atom is 0.251 e. The summed E-state index contributed by atoms with van der Waals surface area (Å²) in [5, 5.41) is 11.8. The van der Waals surface area contributed by atoms with Gasteiger partial charge in [0.2, 0.25) is 0 Å². The molecular weight excluding hydrogens is 326 g/mol. The van der Waals surface area contributed by atoms with Crippen LogP contribution in [0.5, 0.6) is 0 Å². The highest BCUT2D eigenvalue weighted by molar-refractivity contribution is 5.94. The van der Waals surface area contributed by atoms with E-state index in [0.29, 0.717) is 18.7 Å². The molecule has 1 amide bonds. The first-order valence-electron chi connectivity index (χ1n) is 8.89. The number of nitrogens with one attached hydrogen (secondary N) is 1. The molecule has 3 aromatic rings. The summed E-state index contributed by atoms with van der Waals surface area (Å²) in [5.74, 6) is -0.0446. The Hall–Kier alpha value is -2.89. The number of aromatic nitrogens is 4. The second kappa shape index (κ2) is 7.99. The molecular formula is C20H25N5O. The lowest BCUT2D eigenvalue weighted by Gasteiger charge is -2.08. The van der Waals surface area contributed by atoms with Crippen molar-refractivity contribution in [2.45, 2.75) is 40.3 Å². The van der Waals surface area contributed by atoms with Gasteiger partial charge in [-0.25, -0.2) is 0 Å². The van der Waals surface area contributed by atoms with E-state index in [4.69, 9.17) is 0 Å². The molecule has 136 valence electrons. The molecule has 6 nitrogen and oxygen atoms in total. The molecule has 1 N–H and O–H groups in total. The largest absolute Gasteiger partial charge is 0.352 e. The van der Waals surface area contributed by atoms with Gasteiger partial charge in [-0.3, -0.25) is 14.2 Å². The van der Waals surface area contributed by atoms with Crippen molar-refractivity contribution in [2.75, 3.05) is 6.54 Å². The Balaban J connectivity index is 1.53. The molecule has 1 aromatic carbocycles. The van der Waals surface area contributed by atoms with E-state index in [1.807, 2.05) is 66.7 Å². The van der Waals surface area contributed by atoms with Gasteiger partial charge in [-0.1, -0.05) is 12.1 Å². The highest BCUT2D eigenvalue weighted by atomic mass is 16.1. The van der Waals surface area contributed by atoms with E-state index in [9.17, 15) is 4.79 Å². The molecule has 0 fully saturated rings. The second-order valence-electron chi connectivity index (χ2n) is 6.61. The number of aryl methyl sites for hydroxylation is 4. The number of benzene rings is 1. The topological polar surface area (TPSA) is 64.7 Å². The Bertz CT molecular complexity index is 893. The molecule has 0 aliphatic heterocycles. The summed E-state index contributed by atoms with van der Waals surface area (Å²) in [6.45, 7) is 8.08. The van der Waals surface area contributed by atoms with Crippen molar-refractivity contribution < 1.29 is 4.79 Å². The third kappa shape index (κ3) is 4.59. The fourth-order valence-electron chi connectivity index (χ4n) is 2.95. The summed E-state index contributed by atoms with van der Waals surface area (Å²) in [6.07, 6.45) is 2.80. The van der Waals surface area contributed by atoms with E-state index >= 15 is 0 Å². The normalized spacial score (nSPS) is 10.9. The Morgan fingerprint density at radius 2 is 1.92 bits per heavy atom. The van der Waals surface area contributed by atoms with E-state index in [1.54, 1.807) is 0 Å². The first-order chi connectivity index (χ1) is 12.5. The minimum absolute atomic E-state index is 0.0446. The van der Waals surface area contributed by atoms with Gasteiger partial charge < -0.3 is 5.32 Å². The van der Waals surface area contributed by atoms with Gasteiger partial charge in [0, 0.05) is 30.5 Å². The number of amides is 1. The highest BCUT2D eigenvalue weighted by Gasteiger charge is 2.07. The van der Waals surface area contributed by atoms with Crippen molar-refractivity contribution in [3.8, 4) is 0 Å². The third-order valence-electron chi connectivity index (χ3n) is 4.25. The van der Waals surface area contributed by atoms with Gasteiger partial charge in [-0.05, 0) is 57.0 Å². The zero-order valence-electron chi connectivity index (χ0n) is 15.6. The van der Waals surface area contributed by atoms with E-state index in [0.717, 1.165) is 35.6 Å². The van der Waals surface area contributed by atoms with Crippen LogP contribution in [0.3, 0.4) is 0 Å². The first-order valence-corrected chi connectivity index (χ1v) is 8.89. The van der Waals surface area contributed by atoms with Gasteiger partial charge in [0.05, 0.1) is 17.9 Å². The van der Waals surface area contributed by atoms with Crippen LogP contribution in [0, 0.1) is 20.8 Å². The van der Waals surface area contributed by atoms with Crippen molar-refractivity contribution >= 4 is 5.91 Å². The van der Waals surface area contributed by atoms with E-state index < -0.39 is 0 Å². The average Bonchev–Trinajstić information content (AvgIpc) is 3.16. The van der Waals surface area contributed by atoms with Crippen LogP contribution in [-0.2, 0) is 13.1 Å². The standard InChI is InChI=1S/C20H25N5O/c1-15-8-11-24(22-15)10-5-9-21-20(26)19-7-4-6-18(13-19)14-25-17(3)12-16(2)23-25/h4,6-8,11-13H,5,9-10,14H2,1-3H3,(H,21,26). The van der Waals surface area contributed by atoms with E-state index in [1.165, 1.54) is 0 Å². The molecule has 6 heteroatoms. The zero-order valence-corrected chi connectivity index (χ0v) is 15.6. The van der Waals surface area contributed by atoms with Gasteiger partial charge in [0.1, 0.15) is 0 Å². The molecule has 3 rings (SSSR count). The smallest absolute Gasteiger partial charge is 0.251 e. The highest BCUT2D eigenvalue weighted by Crippen LogP contribution is 2.10. The molecule has 2 heterocycles. The SMILES string of the molecule is Cc1ccn(CCCNC(=O)c2cccc(Cn3nc(C)cc3C)c2)n1. The van der Waals surface area contributed by atoms with Crippen LogP contribution < -0.4 is 5.32 Å². The van der Waals surface area contributed by atoms with Gasteiger partial charge in [0.15, 0.2) is 0 Å². The lowest BCUT2D eigenvalue weighted by Crippen LogP contribution is -2.25. The minimum Gasteiger partial charge on any atom is -0.352 e. The predicted molar refractivity (Wildman–Crippen MR) is 101 cm³/mol. The van der Waals surface area contributed by atoms with Gasteiger partial charge >= 0.3 is 0 Å². The van der Waals surface area contributed by atoms with Gasteiger partial charge in [-0.2, -0.15) is 10.2 Å². The Morgan fingerprint density at radius 3 is 2.62 bits per heavy atom. The molecule has 0 unspecified atom stereocenters. The molecule has 26 heavy (non-hydrogen) atoms. The average molecular weight is 351 g/mol. The maximum absolute atomic E-state index is 12.4. The van der Waals surface area contributed by atoms with Crippen molar-refractivity contribution in [3.63, 3.8) is 0 Å². The fraction of sp³-hybridized carbons (Fsp3) is 0.350. The summed E-state index contributed by atoms with van der Waals surface area (Å²) in [4.78, 5) is 12.4. The predicted octanol–water partition coefficient (Wildman–Crippen LogP) is 2.87. The number of carbonyl (C=O) groups is 1. The summed E-state index contributed by atoms with van der Waals surface area (Å²) in [5.41, 5.74) is 4.87. The van der Waals surface area contributed by atoms with E-state index in [2.05, 4.69) is 21.6 Å². The molecule has 0 aliphatic rings. The maximum atomic E-state index is 12.4. The van der Waals surface area contributed by atoms with Crippen molar-refractivity contribution in [1.29, 1.82) is 0 Å². The number of hydrogen-bond acceptors (Lipinski definition) is 3. The molecule has 0 saturated heterocycles. The number of rotatable bonds is 7. The molecule has 0 atom stereocenters. The summed E-state index contributed by atoms with van der Waals surface area (Å²) in [7, 11) is 0. The summed E-state index contributed by atoms with van der Waals surface area (Å²) < 4.78 is 3.86. The van der Waals surface area contributed by atoms with Crippen LogP contribution in [0.1, 0.15) is 39.4 Å².